The summed E-state index contributed by atoms with van der Waals surface area (Å²) in [7, 11) is 2.15. The quantitative estimate of drug-likeness (QED) is 0.521. The Balaban J connectivity index is 1.72. The lowest BCUT2D eigenvalue weighted by Gasteiger charge is -2.36. The van der Waals surface area contributed by atoms with Crippen molar-refractivity contribution in [3.63, 3.8) is 0 Å². The molecule has 0 aromatic rings. The van der Waals surface area contributed by atoms with Crippen molar-refractivity contribution >= 4 is 6.03 Å². The molecule has 2 heterocycles. The van der Waals surface area contributed by atoms with Gasteiger partial charge in [-0.15, -0.1) is 0 Å². The van der Waals surface area contributed by atoms with Crippen molar-refractivity contribution in [2.24, 2.45) is 5.84 Å². The summed E-state index contributed by atoms with van der Waals surface area (Å²) >= 11 is 0. The minimum absolute atomic E-state index is 0.0228. The van der Waals surface area contributed by atoms with E-state index in [0.717, 1.165) is 52.2 Å². The highest BCUT2D eigenvalue weighted by atomic mass is 16.2. The summed E-state index contributed by atoms with van der Waals surface area (Å²) in [5, 5.41) is 1.33. The van der Waals surface area contributed by atoms with Crippen LogP contribution in [-0.2, 0) is 0 Å². The van der Waals surface area contributed by atoms with Crippen molar-refractivity contribution in [2.75, 3.05) is 59.4 Å². The second kappa shape index (κ2) is 5.66. The maximum Gasteiger partial charge on any atom is 0.334 e. The number of amides is 2. The third-order valence-corrected chi connectivity index (χ3v) is 3.63. The molecule has 0 aromatic heterocycles. The summed E-state index contributed by atoms with van der Waals surface area (Å²) in [6.07, 6.45) is 0.977. The van der Waals surface area contributed by atoms with Gasteiger partial charge in [-0.05, 0) is 13.5 Å². The monoisotopic (exact) mass is 241 g/mol. The molecule has 0 aromatic carbocycles. The van der Waals surface area contributed by atoms with Crippen LogP contribution in [0.15, 0.2) is 0 Å². The summed E-state index contributed by atoms with van der Waals surface area (Å²) < 4.78 is 0. The number of carbonyl (C=O) groups excluding carboxylic acids is 1. The van der Waals surface area contributed by atoms with Crippen LogP contribution in [0.25, 0.3) is 0 Å². The van der Waals surface area contributed by atoms with E-state index in [0.29, 0.717) is 6.54 Å². The number of hydrogen-bond donors (Lipinski definition) is 1. The Bertz CT molecular complexity index is 265. The van der Waals surface area contributed by atoms with Crippen LogP contribution in [-0.4, -0.2) is 85.1 Å². The number of rotatable bonds is 3. The minimum atomic E-state index is -0.0228. The molecule has 0 atom stereocenters. The van der Waals surface area contributed by atoms with Gasteiger partial charge >= 0.3 is 6.03 Å². The summed E-state index contributed by atoms with van der Waals surface area (Å²) in [6, 6.07) is -0.0228. The zero-order valence-electron chi connectivity index (χ0n) is 10.6. The van der Waals surface area contributed by atoms with Gasteiger partial charge < -0.3 is 9.80 Å². The molecule has 0 spiro atoms. The van der Waals surface area contributed by atoms with Gasteiger partial charge in [0.15, 0.2) is 0 Å². The molecule has 0 radical (unpaired) electrons. The summed E-state index contributed by atoms with van der Waals surface area (Å²) in [4.78, 5) is 18.4. The maximum absolute atomic E-state index is 11.8. The van der Waals surface area contributed by atoms with Crippen molar-refractivity contribution in [1.82, 2.24) is 19.7 Å². The fourth-order valence-corrected chi connectivity index (χ4v) is 2.35. The summed E-state index contributed by atoms with van der Waals surface area (Å²) in [5.41, 5.74) is 0. The van der Waals surface area contributed by atoms with E-state index < -0.39 is 0 Å². The van der Waals surface area contributed by atoms with Crippen LogP contribution in [0, 0.1) is 0 Å². The molecular formula is C11H23N5O. The Morgan fingerprint density at radius 1 is 1.06 bits per heavy atom. The molecular weight excluding hydrogens is 218 g/mol. The molecule has 2 N–H and O–H groups in total. The lowest BCUT2D eigenvalue weighted by molar-refractivity contribution is 0.109. The van der Waals surface area contributed by atoms with Crippen LogP contribution >= 0.6 is 0 Å². The van der Waals surface area contributed by atoms with Crippen LogP contribution < -0.4 is 5.84 Å². The van der Waals surface area contributed by atoms with E-state index in [1.807, 2.05) is 4.90 Å². The maximum atomic E-state index is 11.8. The molecule has 6 nitrogen and oxygen atoms in total. The molecule has 6 heteroatoms. The highest BCUT2D eigenvalue weighted by Crippen LogP contribution is 2.06. The smallest absolute Gasteiger partial charge is 0.322 e. The fourth-order valence-electron chi connectivity index (χ4n) is 2.35. The number of likely N-dealkylation sites (N-methyl/N-ethyl adjacent to an activating group) is 1. The Morgan fingerprint density at radius 3 is 2.47 bits per heavy atom. The molecule has 2 amide bonds. The van der Waals surface area contributed by atoms with Gasteiger partial charge in [0.2, 0.25) is 0 Å². The molecule has 98 valence electrons. The van der Waals surface area contributed by atoms with E-state index >= 15 is 0 Å². The van der Waals surface area contributed by atoms with E-state index in [9.17, 15) is 4.79 Å². The number of hydrazine groups is 1. The fraction of sp³-hybridized carbons (Fsp3) is 0.909. The normalized spacial score (nSPS) is 24.5. The zero-order chi connectivity index (χ0) is 12.3. The van der Waals surface area contributed by atoms with Gasteiger partial charge in [0.05, 0.1) is 0 Å². The third kappa shape index (κ3) is 3.31. The number of carbonyl (C=O) groups is 1. The number of hydrogen-bond acceptors (Lipinski definition) is 4. The van der Waals surface area contributed by atoms with E-state index in [2.05, 4.69) is 16.8 Å². The lowest BCUT2D eigenvalue weighted by atomic mass is 10.3. The topological polar surface area (TPSA) is 56.1 Å². The van der Waals surface area contributed by atoms with Crippen molar-refractivity contribution in [2.45, 2.75) is 6.42 Å². The van der Waals surface area contributed by atoms with Crippen molar-refractivity contribution in [3.05, 3.63) is 0 Å². The Kier molecular flexibility index (Phi) is 4.20. The minimum Gasteiger partial charge on any atom is -0.322 e. The predicted octanol–water partition coefficient (Wildman–Crippen LogP) is -0.765. The van der Waals surface area contributed by atoms with Crippen LogP contribution in [0.1, 0.15) is 6.42 Å². The average molecular weight is 241 g/mol. The van der Waals surface area contributed by atoms with Crippen LogP contribution in [0.3, 0.4) is 0 Å². The lowest BCUT2D eigenvalue weighted by Crippen LogP contribution is -2.54. The average Bonchev–Trinajstić information content (AvgIpc) is 2.33. The molecule has 0 unspecified atom stereocenters. The molecule has 2 fully saturated rings. The first-order valence-corrected chi connectivity index (χ1v) is 6.39. The van der Waals surface area contributed by atoms with Gasteiger partial charge in [0.25, 0.3) is 0 Å². The first kappa shape index (κ1) is 12.6. The van der Waals surface area contributed by atoms with Gasteiger partial charge in [-0.1, -0.05) is 0 Å². The van der Waals surface area contributed by atoms with Crippen LogP contribution in [0.2, 0.25) is 0 Å². The highest BCUT2D eigenvalue weighted by molar-refractivity contribution is 5.74. The zero-order valence-corrected chi connectivity index (χ0v) is 10.6. The SMILES string of the molecule is CN1CCN(CCN2CCCN(N)C2=O)CC1. The third-order valence-electron chi connectivity index (χ3n) is 3.63. The first-order valence-electron chi connectivity index (χ1n) is 6.39. The predicted molar refractivity (Wildman–Crippen MR) is 66.4 cm³/mol. The van der Waals surface area contributed by atoms with Crippen LogP contribution in [0.4, 0.5) is 4.79 Å². The standard InChI is InChI=1S/C11H23N5O/c1-13-5-7-14(8-6-13)9-10-15-3-2-4-16(12)11(15)17/h2-10,12H2,1H3. The number of nitrogens with zero attached hydrogens (tertiary/aromatic N) is 4. The molecule has 2 aliphatic heterocycles. The van der Waals surface area contributed by atoms with Gasteiger partial charge in [0.1, 0.15) is 0 Å². The molecule has 0 aliphatic carbocycles. The van der Waals surface area contributed by atoms with Crippen molar-refractivity contribution in [1.29, 1.82) is 0 Å². The molecule has 2 saturated heterocycles. The number of urea groups is 1. The van der Waals surface area contributed by atoms with Gasteiger partial charge in [-0.3, -0.25) is 9.91 Å². The molecule has 2 aliphatic rings. The van der Waals surface area contributed by atoms with Crippen molar-refractivity contribution in [3.8, 4) is 0 Å². The first-order chi connectivity index (χ1) is 8.16. The molecule has 17 heavy (non-hydrogen) atoms. The van der Waals surface area contributed by atoms with E-state index in [1.165, 1.54) is 5.01 Å². The van der Waals surface area contributed by atoms with E-state index in [-0.39, 0.29) is 6.03 Å². The molecule has 2 rings (SSSR count). The van der Waals surface area contributed by atoms with Gasteiger partial charge in [0, 0.05) is 52.4 Å². The van der Waals surface area contributed by atoms with E-state index in [1.54, 1.807) is 0 Å². The Morgan fingerprint density at radius 2 is 1.76 bits per heavy atom. The van der Waals surface area contributed by atoms with E-state index in [4.69, 9.17) is 5.84 Å². The number of nitrogens with two attached hydrogens (primary N) is 1. The number of piperazine rings is 1. The largest absolute Gasteiger partial charge is 0.334 e. The Hall–Kier alpha value is -0.850. The molecule has 0 saturated carbocycles. The molecule has 0 bridgehead atoms. The van der Waals surface area contributed by atoms with Gasteiger partial charge in [-0.25, -0.2) is 10.6 Å². The van der Waals surface area contributed by atoms with Crippen LogP contribution in [0.5, 0.6) is 0 Å². The summed E-state index contributed by atoms with van der Waals surface area (Å²) in [6.45, 7) is 7.75. The Labute approximate surface area is 103 Å². The van der Waals surface area contributed by atoms with Crippen molar-refractivity contribution < 1.29 is 4.79 Å². The summed E-state index contributed by atoms with van der Waals surface area (Å²) in [5.74, 6) is 5.62. The second-order valence-electron chi connectivity index (χ2n) is 4.96. The van der Waals surface area contributed by atoms with Gasteiger partial charge in [-0.2, -0.15) is 0 Å². The second-order valence-corrected chi connectivity index (χ2v) is 4.96. The highest BCUT2D eigenvalue weighted by Gasteiger charge is 2.23.